The molecule has 2 aliphatic heterocycles. The Kier molecular flexibility index (Phi) is 5.45. The lowest BCUT2D eigenvalue weighted by Crippen LogP contribution is -2.50. The highest BCUT2D eigenvalue weighted by atomic mass is 32.1. The minimum Gasteiger partial charge on any atom is -0.495 e. The van der Waals surface area contributed by atoms with Crippen molar-refractivity contribution in [1.29, 1.82) is 0 Å². The van der Waals surface area contributed by atoms with Gasteiger partial charge in [-0.05, 0) is 55.0 Å². The number of hydrogen-bond donors (Lipinski definition) is 1. The number of ether oxygens (including phenoxy) is 2. The molecule has 9 heteroatoms. The van der Waals surface area contributed by atoms with Gasteiger partial charge in [0, 0.05) is 23.6 Å². The zero-order valence-corrected chi connectivity index (χ0v) is 20.2. The summed E-state index contributed by atoms with van der Waals surface area (Å²) < 4.78 is 11.2. The molecule has 1 saturated heterocycles. The van der Waals surface area contributed by atoms with Crippen molar-refractivity contribution in [1.82, 2.24) is 14.9 Å². The molecule has 1 amide bonds. The second-order valence-corrected chi connectivity index (χ2v) is 10.2. The van der Waals surface area contributed by atoms with Gasteiger partial charge in [-0.2, -0.15) is 0 Å². The molecule has 0 radical (unpaired) electrons. The number of aromatic nitrogens is 2. The van der Waals surface area contributed by atoms with E-state index in [1.165, 1.54) is 10.4 Å². The lowest BCUT2D eigenvalue weighted by Gasteiger charge is -2.36. The maximum absolute atomic E-state index is 13.3. The number of nitrogens with one attached hydrogen (secondary N) is 1. The van der Waals surface area contributed by atoms with Crippen LogP contribution < -0.4 is 10.1 Å². The highest BCUT2D eigenvalue weighted by Gasteiger charge is 2.34. The average molecular weight is 478 g/mol. The third-order valence-corrected chi connectivity index (χ3v) is 8.21. The number of anilines is 2. The molecule has 2 atom stereocenters. The van der Waals surface area contributed by atoms with Gasteiger partial charge in [0.25, 0.3) is 0 Å². The smallest absolute Gasteiger partial charge is 0.226 e. The van der Waals surface area contributed by atoms with Gasteiger partial charge in [-0.1, -0.05) is 0 Å². The second-order valence-electron chi connectivity index (χ2n) is 9.15. The number of amides is 1. The topological polar surface area (TPSA) is 88.9 Å². The van der Waals surface area contributed by atoms with Gasteiger partial charge in [-0.25, -0.2) is 9.97 Å². The minimum absolute atomic E-state index is 0.0153. The summed E-state index contributed by atoms with van der Waals surface area (Å²) >= 11 is 1.68. The van der Waals surface area contributed by atoms with Crippen molar-refractivity contribution in [3.05, 3.63) is 40.0 Å². The van der Waals surface area contributed by atoms with Crippen LogP contribution in [-0.2, 0) is 28.9 Å². The van der Waals surface area contributed by atoms with Crippen molar-refractivity contribution in [2.45, 2.75) is 38.8 Å². The Morgan fingerprint density at radius 3 is 3.09 bits per heavy atom. The average Bonchev–Trinajstić information content (AvgIpc) is 3.47. The largest absolute Gasteiger partial charge is 0.495 e. The zero-order chi connectivity index (χ0) is 23.2. The summed E-state index contributed by atoms with van der Waals surface area (Å²) in [5.74, 6) is 1.82. The van der Waals surface area contributed by atoms with E-state index in [2.05, 4.69) is 33.3 Å². The van der Waals surface area contributed by atoms with Gasteiger partial charge in [0.2, 0.25) is 5.91 Å². The Bertz CT molecular complexity index is 1300. The maximum Gasteiger partial charge on any atom is 0.226 e. The predicted molar refractivity (Wildman–Crippen MR) is 132 cm³/mol. The van der Waals surface area contributed by atoms with E-state index in [-0.39, 0.29) is 17.9 Å². The molecule has 176 valence electrons. The Labute approximate surface area is 202 Å². The number of thiophene rings is 1. The number of fused-ring (bicyclic) bond motifs is 4. The van der Waals surface area contributed by atoms with E-state index in [4.69, 9.17) is 9.47 Å². The normalized spacial score (nSPS) is 21.4. The van der Waals surface area contributed by atoms with Crippen molar-refractivity contribution in [2.75, 3.05) is 32.2 Å². The minimum atomic E-state index is 0.0153. The first-order valence-electron chi connectivity index (χ1n) is 11.7. The Balaban J connectivity index is 1.31. The molecule has 0 spiro atoms. The lowest BCUT2D eigenvalue weighted by molar-refractivity contribution is -0.143. The standard InChI is InChI=1S/C25H27N5O3S/c1-14-12-33-6-5-30(14)25(31)15-3-4-18-21(9-15)34-24-22(18)23(27-13-28-24)29-19-7-16-10-26-11-17(16)8-20(19)32-2/h7-8,10,13-15H,3-6,9,11-12H2,1-2H3,(H,27,28,29)/t14-,15+/m1/s1. The SMILES string of the molecule is COc1cc2c(cc1Nc1ncnc3sc4c(c13)CC[C@H](C(=O)N1CCOC[C@H]1C)C4)C=NC2. The summed E-state index contributed by atoms with van der Waals surface area (Å²) in [5.41, 5.74) is 4.39. The number of methoxy groups -OCH3 is 1. The number of aliphatic imine (C=N–C) groups is 1. The highest BCUT2D eigenvalue weighted by Crippen LogP contribution is 2.42. The van der Waals surface area contributed by atoms with E-state index in [9.17, 15) is 4.79 Å². The first-order valence-corrected chi connectivity index (χ1v) is 12.5. The van der Waals surface area contributed by atoms with Crippen LogP contribution in [0.5, 0.6) is 5.75 Å². The molecule has 0 bridgehead atoms. The van der Waals surface area contributed by atoms with E-state index >= 15 is 0 Å². The predicted octanol–water partition coefficient (Wildman–Crippen LogP) is 3.73. The van der Waals surface area contributed by atoms with Gasteiger partial charge in [0.05, 0.1) is 44.0 Å². The van der Waals surface area contributed by atoms with E-state index in [1.54, 1.807) is 24.8 Å². The molecule has 3 aromatic rings. The van der Waals surface area contributed by atoms with Crippen LogP contribution in [0.1, 0.15) is 34.9 Å². The van der Waals surface area contributed by atoms with Crippen LogP contribution in [0.4, 0.5) is 11.5 Å². The lowest BCUT2D eigenvalue weighted by atomic mass is 9.86. The zero-order valence-electron chi connectivity index (χ0n) is 19.3. The van der Waals surface area contributed by atoms with Gasteiger partial charge in [-0.3, -0.25) is 9.79 Å². The van der Waals surface area contributed by atoms with Crippen molar-refractivity contribution >= 4 is 45.2 Å². The Hall–Kier alpha value is -3.04. The fraction of sp³-hybridized carbons (Fsp3) is 0.440. The second kappa shape index (κ2) is 8.63. The quantitative estimate of drug-likeness (QED) is 0.616. The summed E-state index contributed by atoms with van der Waals surface area (Å²) in [6.07, 6.45) is 5.95. The van der Waals surface area contributed by atoms with Crippen LogP contribution in [0.3, 0.4) is 0 Å². The van der Waals surface area contributed by atoms with Gasteiger partial charge in [-0.15, -0.1) is 11.3 Å². The fourth-order valence-corrected chi connectivity index (χ4v) is 6.50. The van der Waals surface area contributed by atoms with Crippen LogP contribution in [0, 0.1) is 5.92 Å². The van der Waals surface area contributed by atoms with Crippen LogP contribution in [0.2, 0.25) is 0 Å². The number of nitrogens with zero attached hydrogens (tertiary/aromatic N) is 4. The molecule has 1 aromatic carbocycles. The van der Waals surface area contributed by atoms with Crippen molar-refractivity contribution in [3.8, 4) is 5.75 Å². The van der Waals surface area contributed by atoms with Crippen molar-refractivity contribution < 1.29 is 14.3 Å². The molecule has 0 saturated carbocycles. The summed E-state index contributed by atoms with van der Waals surface area (Å²) in [7, 11) is 1.68. The van der Waals surface area contributed by atoms with Crippen molar-refractivity contribution in [3.63, 3.8) is 0 Å². The van der Waals surface area contributed by atoms with Crippen molar-refractivity contribution in [2.24, 2.45) is 10.9 Å². The van der Waals surface area contributed by atoms with Gasteiger partial charge < -0.3 is 19.7 Å². The number of morpholine rings is 1. The number of rotatable bonds is 4. The van der Waals surface area contributed by atoms with E-state index < -0.39 is 0 Å². The third-order valence-electron chi connectivity index (χ3n) is 7.05. The monoisotopic (exact) mass is 477 g/mol. The van der Waals surface area contributed by atoms with E-state index in [0.717, 1.165) is 57.9 Å². The molecular weight excluding hydrogens is 450 g/mol. The first-order chi connectivity index (χ1) is 16.6. The van der Waals surface area contributed by atoms with Gasteiger partial charge in [0.1, 0.15) is 22.7 Å². The summed E-state index contributed by atoms with van der Waals surface area (Å²) in [6, 6.07) is 4.24. The molecule has 1 fully saturated rings. The molecule has 2 aromatic heterocycles. The van der Waals surface area contributed by atoms with Crippen LogP contribution in [-0.4, -0.2) is 59.9 Å². The maximum atomic E-state index is 13.3. The first kappa shape index (κ1) is 21.5. The molecule has 34 heavy (non-hydrogen) atoms. The summed E-state index contributed by atoms with van der Waals surface area (Å²) in [6.45, 7) is 4.68. The number of carbonyl (C=O) groups excluding carboxylic acids is 1. The van der Waals surface area contributed by atoms with E-state index in [1.807, 2.05) is 17.2 Å². The molecule has 1 aliphatic carbocycles. The Morgan fingerprint density at radius 1 is 1.32 bits per heavy atom. The molecule has 0 unspecified atom stereocenters. The van der Waals surface area contributed by atoms with Crippen LogP contribution in [0.25, 0.3) is 10.2 Å². The number of carbonyl (C=O) groups is 1. The molecule has 1 N–H and O–H groups in total. The highest BCUT2D eigenvalue weighted by molar-refractivity contribution is 7.19. The van der Waals surface area contributed by atoms with E-state index in [0.29, 0.717) is 26.3 Å². The van der Waals surface area contributed by atoms with Crippen LogP contribution >= 0.6 is 11.3 Å². The summed E-state index contributed by atoms with van der Waals surface area (Å²) in [4.78, 5) is 31.0. The third kappa shape index (κ3) is 3.63. The van der Waals surface area contributed by atoms with Gasteiger partial charge >= 0.3 is 0 Å². The fourth-order valence-electron chi connectivity index (χ4n) is 5.24. The number of hydrogen-bond acceptors (Lipinski definition) is 8. The van der Waals surface area contributed by atoms with Crippen LogP contribution in [0.15, 0.2) is 23.5 Å². The molecule has 3 aliphatic rings. The summed E-state index contributed by atoms with van der Waals surface area (Å²) in [5, 5.41) is 4.56. The number of aryl methyl sites for hydroxylation is 1. The Morgan fingerprint density at radius 2 is 2.24 bits per heavy atom. The molecule has 6 rings (SSSR count). The molecular formula is C25H27N5O3S. The number of benzene rings is 1. The van der Waals surface area contributed by atoms with Gasteiger partial charge in [0.15, 0.2) is 0 Å². The molecule has 4 heterocycles. The molecule has 8 nitrogen and oxygen atoms in total.